The third-order valence-electron chi connectivity index (χ3n) is 5.06. The molecule has 2 heterocycles. The Kier molecular flexibility index (Phi) is 4.99. The molecule has 0 atom stereocenters. The average Bonchev–Trinajstić information content (AvgIpc) is 3.31. The molecule has 156 valence electrons. The van der Waals surface area contributed by atoms with Crippen molar-refractivity contribution >= 4 is 11.6 Å². The molecule has 4 aromatic rings. The Hall–Kier alpha value is -3.88. The van der Waals surface area contributed by atoms with E-state index in [0.717, 1.165) is 29.8 Å². The lowest BCUT2D eigenvalue weighted by Gasteiger charge is -2.06. The van der Waals surface area contributed by atoms with Gasteiger partial charge in [0.25, 0.3) is 0 Å². The number of aromatic nitrogens is 5. The van der Waals surface area contributed by atoms with Gasteiger partial charge in [-0.05, 0) is 71.8 Å². The molecule has 2 aromatic heterocycles. The minimum absolute atomic E-state index is 0.142. The largest absolute Gasteiger partial charge is 0.441 e. The highest BCUT2D eigenvalue weighted by atomic mass is 19.1. The van der Waals surface area contributed by atoms with Gasteiger partial charge in [-0.25, -0.2) is 14.1 Å². The molecule has 2 aromatic carbocycles. The summed E-state index contributed by atoms with van der Waals surface area (Å²) in [6.45, 7) is 0. The molecule has 0 bridgehead atoms. The molecule has 1 aliphatic carbocycles. The van der Waals surface area contributed by atoms with E-state index in [1.807, 2.05) is 28.9 Å². The first-order valence-corrected chi connectivity index (χ1v) is 10.0. The number of tetrazole rings is 1. The number of amides is 1. The van der Waals surface area contributed by atoms with Crippen molar-refractivity contribution in [2.75, 3.05) is 5.32 Å². The number of nitrogens with one attached hydrogen (secondary N) is 1. The molecule has 1 amide bonds. The number of carbonyl (C=O) groups is 1. The molecule has 1 aliphatic rings. The van der Waals surface area contributed by atoms with Gasteiger partial charge >= 0.3 is 0 Å². The van der Waals surface area contributed by atoms with Gasteiger partial charge in [0.1, 0.15) is 5.82 Å². The fraction of sp³-hybridized carbons (Fsp3) is 0.227. The molecule has 1 N–H and O–H groups in total. The smallest absolute Gasteiger partial charge is 0.224 e. The highest BCUT2D eigenvalue weighted by molar-refractivity contribution is 5.91. The Morgan fingerprint density at radius 3 is 2.58 bits per heavy atom. The summed E-state index contributed by atoms with van der Waals surface area (Å²) in [4.78, 5) is 16.5. The Labute approximate surface area is 177 Å². The van der Waals surface area contributed by atoms with Crippen molar-refractivity contribution in [3.8, 4) is 22.7 Å². The monoisotopic (exact) mass is 418 g/mol. The lowest BCUT2D eigenvalue weighted by molar-refractivity contribution is -0.116. The maximum atomic E-state index is 13.0. The average molecular weight is 418 g/mol. The van der Waals surface area contributed by atoms with E-state index in [4.69, 9.17) is 4.42 Å². The Balaban J connectivity index is 1.16. The van der Waals surface area contributed by atoms with Crippen molar-refractivity contribution in [2.24, 2.45) is 0 Å². The van der Waals surface area contributed by atoms with E-state index in [1.54, 1.807) is 18.3 Å². The van der Waals surface area contributed by atoms with Crippen LogP contribution in [-0.4, -0.2) is 31.1 Å². The van der Waals surface area contributed by atoms with Crippen LogP contribution in [-0.2, 0) is 11.2 Å². The van der Waals surface area contributed by atoms with Gasteiger partial charge in [-0.15, -0.1) is 5.10 Å². The van der Waals surface area contributed by atoms with Crippen molar-refractivity contribution in [3.63, 3.8) is 0 Å². The molecule has 0 saturated heterocycles. The van der Waals surface area contributed by atoms with E-state index in [9.17, 15) is 9.18 Å². The number of anilines is 1. The molecule has 5 rings (SSSR count). The number of halogens is 1. The molecule has 31 heavy (non-hydrogen) atoms. The number of carbonyl (C=O) groups excluding carboxylic acids is 1. The zero-order valence-electron chi connectivity index (χ0n) is 16.5. The van der Waals surface area contributed by atoms with Gasteiger partial charge in [-0.1, -0.05) is 0 Å². The van der Waals surface area contributed by atoms with Crippen LogP contribution >= 0.6 is 0 Å². The topological polar surface area (TPSA) is 98.7 Å². The molecule has 0 unspecified atom stereocenters. The quantitative estimate of drug-likeness (QED) is 0.486. The molecule has 8 nitrogen and oxygen atoms in total. The fourth-order valence-electron chi connectivity index (χ4n) is 3.27. The van der Waals surface area contributed by atoms with Crippen molar-refractivity contribution < 1.29 is 13.6 Å². The molecule has 0 aliphatic heterocycles. The van der Waals surface area contributed by atoms with Gasteiger partial charge in [-0.3, -0.25) is 4.79 Å². The van der Waals surface area contributed by atoms with E-state index in [-0.39, 0.29) is 18.1 Å². The summed E-state index contributed by atoms with van der Waals surface area (Å²) in [5, 5.41) is 14.8. The minimum atomic E-state index is -0.310. The Morgan fingerprint density at radius 2 is 1.84 bits per heavy atom. The van der Waals surface area contributed by atoms with Crippen LogP contribution in [0.25, 0.3) is 22.7 Å². The van der Waals surface area contributed by atoms with Gasteiger partial charge in [0, 0.05) is 29.7 Å². The second kappa shape index (κ2) is 8.10. The number of rotatable bonds is 7. The van der Waals surface area contributed by atoms with E-state index < -0.39 is 0 Å². The number of benzene rings is 2. The van der Waals surface area contributed by atoms with E-state index in [2.05, 4.69) is 25.8 Å². The lowest BCUT2D eigenvalue weighted by Crippen LogP contribution is -2.12. The van der Waals surface area contributed by atoms with Gasteiger partial charge in [-0.2, -0.15) is 0 Å². The number of hydrogen-bond acceptors (Lipinski definition) is 6. The first-order valence-electron chi connectivity index (χ1n) is 10.0. The molecule has 0 radical (unpaired) electrons. The van der Waals surface area contributed by atoms with Crippen LogP contribution in [0.15, 0.2) is 59.1 Å². The van der Waals surface area contributed by atoms with Crippen LogP contribution in [0, 0.1) is 5.82 Å². The van der Waals surface area contributed by atoms with Crippen molar-refractivity contribution in [1.29, 1.82) is 0 Å². The highest BCUT2D eigenvalue weighted by Crippen LogP contribution is 2.36. The minimum Gasteiger partial charge on any atom is -0.441 e. The van der Waals surface area contributed by atoms with Crippen LogP contribution < -0.4 is 5.32 Å². The van der Waals surface area contributed by atoms with Crippen molar-refractivity contribution in [2.45, 2.75) is 31.7 Å². The zero-order chi connectivity index (χ0) is 21.2. The maximum absolute atomic E-state index is 13.0. The molecule has 1 saturated carbocycles. The first-order chi connectivity index (χ1) is 15.2. The molecule has 9 heteroatoms. The second-order valence-electron chi connectivity index (χ2n) is 7.43. The summed E-state index contributed by atoms with van der Waals surface area (Å²) in [6, 6.07) is 13.8. The third kappa shape index (κ3) is 4.35. The summed E-state index contributed by atoms with van der Waals surface area (Å²) >= 11 is 0. The van der Waals surface area contributed by atoms with E-state index in [0.29, 0.717) is 29.8 Å². The Morgan fingerprint density at radius 1 is 1.10 bits per heavy atom. The zero-order valence-corrected chi connectivity index (χ0v) is 16.5. The first kappa shape index (κ1) is 19.1. The fourth-order valence-corrected chi connectivity index (χ4v) is 3.27. The SMILES string of the molecule is O=C(CCc1ncc(-c2ccc(F)cc2)o1)Nc1ccc(-c2nnnn2C2CC2)cc1. The van der Waals surface area contributed by atoms with E-state index in [1.165, 1.54) is 12.1 Å². The van der Waals surface area contributed by atoms with Gasteiger partial charge < -0.3 is 9.73 Å². The molecular weight excluding hydrogens is 399 g/mol. The van der Waals surface area contributed by atoms with Crippen LogP contribution in [0.2, 0.25) is 0 Å². The van der Waals surface area contributed by atoms with Crippen LogP contribution in [0.5, 0.6) is 0 Å². The third-order valence-corrected chi connectivity index (χ3v) is 5.06. The number of hydrogen-bond donors (Lipinski definition) is 1. The molecule has 0 spiro atoms. The number of aryl methyl sites for hydroxylation is 1. The summed E-state index contributed by atoms with van der Waals surface area (Å²) in [7, 11) is 0. The van der Waals surface area contributed by atoms with E-state index >= 15 is 0 Å². The number of nitrogens with zero attached hydrogens (tertiary/aromatic N) is 5. The van der Waals surface area contributed by atoms with Crippen molar-refractivity contribution in [3.05, 3.63) is 66.4 Å². The van der Waals surface area contributed by atoms with Crippen LogP contribution in [0.3, 0.4) is 0 Å². The summed E-state index contributed by atoms with van der Waals surface area (Å²) in [5.41, 5.74) is 2.33. The molecular formula is C22H19FN6O2. The molecule has 1 fully saturated rings. The summed E-state index contributed by atoms with van der Waals surface area (Å²) in [6.07, 6.45) is 4.37. The highest BCUT2D eigenvalue weighted by Gasteiger charge is 2.28. The van der Waals surface area contributed by atoms with Gasteiger partial charge in [0.15, 0.2) is 17.5 Å². The summed E-state index contributed by atoms with van der Waals surface area (Å²) < 4.78 is 20.6. The normalized spacial score (nSPS) is 13.3. The van der Waals surface area contributed by atoms with Crippen LogP contribution in [0.1, 0.15) is 31.2 Å². The predicted molar refractivity (Wildman–Crippen MR) is 110 cm³/mol. The lowest BCUT2D eigenvalue weighted by atomic mass is 10.2. The maximum Gasteiger partial charge on any atom is 0.224 e. The number of oxazole rings is 1. The van der Waals surface area contributed by atoms with Gasteiger partial charge in [0.05, 0.1) is 12.2 Å². The van der Waals surface area contributed by atoms with Gasteiger partial charge in [0.2, 0.25) is 5.91 Å². The second-order valence-corrected chi connectivity index (χ2v) is 7.43. The van der Waals surface area contributed by atoms with Crippen molar-refractivity contribution in [1.82, 2.24) is 25.2 Å². The summed E-state index contributed by atoms with van der Waals surface area (Å²) in [5.74, 6) is 1.28. The Bertz CT molecular complexity index is 1200. The van der Waals surface area contributed by atoms with Crippen LogP contribution in [0.4, 0.5) is 10.1 Å². The standard InChI is InChI=1S/C22H19FN6O2/c23-16-5-1-14(2-6-16)19-13-24-21(31-19)12-11-20(30)25-17-7-3-15(4-8-17)22-26-27-28-29(22)18-9-10-18/h1-8,13,18H,9-12H2,(H,25,30). The predicted octanol–water partition coefficient (Wildman–Crippen LogP) is 4.04.